The van der Waals surface area contributed by atoms with Crippen LogP contribution in [0.25, 0.3) is 0 Å². The Morgan fingerprint density at radius 1 is 1.05 bits per heavy atom. The first kappa shape index (κ1) is 21.6. The molecule has 3 nitrogen and oxygen atoms in total. The Bertz CT molecular complexity index is 395. The van der Waals surface area contributed by atoms with Gasteiger partial charge in [0, 0.05) is 19.8 Å². The summed E-state index contributed by atoms with van der Waals surface area (Å²) in [6.45, 7) is 7.63. The van der Waals surface area contributed by atoms with Crippen LogP contribution in [0.2, 0.25) is 12.6 Å². The second-order valence-electron chi connectivity index (χ2n) is 5.73. The number of benzene rings is 1. The number of nitrogens with one attached hydrogen (secondary N) is 1. The Morgan fingerprint density at radius 3 is 2.05 bits per heavy atom. The van der Waals surface area contributed by atoms with E-state index in [4.69, 9.17) is 8.85 Å². The summed E-state index contributed by atoms with van der Waals surface area (Å²) in [7, 11) is 1.59. The lowest BCUT2D eigenvalue weighted by Gasteiger charge is -2.34. The van der Waals surface area contributed by atoms with Crippen molar-refractivity contribution < 1.29 is 8.85 Å². The molecule has 0 saturated carbocycles. The average molecular weight is 346 g/mol. The topological polar surface area (TPSA) is 30.5 Å². The molecule has 1 aromatic carbocycles. The summed E-state index contributed by atoms with van der Waals surface area (Å²) in [4.78, 5) is 0. The van der Waals surface area contributed by atoms with E-state index in [9.17, 15) is 0 Å². The van der Waals surface area contributed by atoms with Crippen molar-refractivity contribution in [2.45, 2.75) is 51.2 Å². The van der Waals surface area contributed by atoms with E-state index in [1.165, 1.54) is 5.56 Å². The van der Waals surface area contributed by atoms with E-state index in [1.54, 1.807) is 14.2 Å². The molecule has 128 valence electrons. The Balaban J connectivity index is 0.00000441. The van der Waals surface area contributed by atoms with Crippen LogP contribution in [0.1, 0.15) is 38.7 Å². The second-order valence-corrected chi connectivity index (χ2v) is 9.31. The molecule has 5 heteroatoms. The van der Waals surface area contributed by atoms with Gasteiger partial charge in [-0.1, -0.05) is 44.2 Å². The highest BCUT2D eigenvalue weighted by atomic mass is 35.5. The van der Waals surface area contributed by atoms with Gasteiger partial charge in [0.1, 0.15) is 0 Å². The van der Waals surface area contributed by atoms with Crippen molar-refractivity contribution in [3.05, 3.63) is 35.9 Å². The molecule has 22 heavy (non-hydrogen) atoms. The van der Waals surface area contributed by atoms with Crippen molar-refractivity contribution >= 4 is 21.0 Å². The first-order chi connectivity index (χ1) is 10.1. The Hall–Kier alpha value is -0.393. The summed E-state index contributed by atoms with van der Waals surface area (Å²) >= 11 is 0. The summed E-state index contributed by atoms with van der Waals surface area (Å²) in [5, 5.41) is 3.78. The van der Waals surface area contributed by atoms with Crippen LogP contribution in [0.5, 0.6) is 0 Å². The number of halogens is 1. The van der Waals surface area contributed by atoms with Crippen LogP contribution < -0.4 is 5.32 Å². The molecule has 1 N–H and O–H groups in total. The third-order valence-corrected chi connectivity index (χ3v) is 7.66. The van der Waals surface area contributed by atoms with Gasteiger partial charge >= 0.3 is 8.56 Å². The maximum Gasteiger partial charge on any atom is 0.334 e. The van der Waals surface area contributed by atoms with Crippen LogP contribution in [0.4, 0.5) is 0 Å². The fourth-order valence-electron chi connectivity index (χ4n) is 2.79. The molecular formula is C17H32ClNO2Si. The van der Waals surface area contributed by atoms with E-state index in [0.29, 0.717) is 0 Å². The highest BCUT2D eigenvalue weighted by Gasteiger charge is 2.30. The fraction of sp³-hybridized carbons (Fsp3) is 0.647. The molecular weight excluding hydrogens is 314 g/mol. The average Bonchev–Trinajstić information content (AvgIpc) is 2.56. The molecule has 0 amide bonds. The molecule has 0 radical (unpaired) electrons. The SMILES string of the molecule is CCC(CC)(NCCC[Si](C)(OC)OC)c1ccccc1.Cl. The largest absolute Gasteiger partial charge is 0.398 e. The van der Waals surface area contributed by atoms with E-state index in [1.807, 2.05) is 0 Å². The van der Waals surface area contributed by atoms with Crippen molar-refractivity contribution in [2.75, 3.05) is 20.8 Å². The van der Waals surface area contributed by atoms with E-state index < -0.39 is 8.56 Å². The first-order valence-corrected chi connectivity index (χ1v) is 10.5. The van der Waals surface area contributed by atoms with Gasteiger partial charge in [-0.3, -0.25) is 0 Å². The highest BCUT2D eigenvalue weighted by Crippen LogP contribution is 2.28. The van der Waals surface area contributed by atoms with Crippen LogP contribution in [0.15, 0.2) is 30.3 Å². The van der Waals surface area contributed by atoms with Gasteiger partial charge in [-0.05, 0) is 44.0 Å². The predicted octanol–water partition coefficient (Wildman–Crippen LogP) is 4.47. The lowest BCUT2D eigenvalue weighted by atomic mass is 9.84. The smallest absolute Gasteiger partial charge is 0.334 e. The van der Waals surface area contributed by atoms with E-state index in [0.717, 1.165) is 31.9 Å². The molecule has 0 aliphatic carbocycles. The summed E-state index contributed by atoms with van der Waals surface area (Å²) in [6, 6.07) is 11.8. The van der Waals surface area contributed by atoms with Gasteiger partial charge in [0.2, 0.25) is 0 Å². The van der Waals surface area contributed by atoms with Gasteiger partial charge in [0.15, 0.2) is 0 Å². The van der Waals surface area contributed by atoms with Gasteiger partial charge < -0.3 is 14.2 Å². The molecule has 0 aliphatic heterocycles. The van der Waals surface area contributed by atoms with Crippen LogP contribution in [-0.4, -0.2) is 29.3 Å². The zero-order valence-corrected chi connectivity index (χ0v) is 16.5. The number of hydrogen-bond acceptors (Lipinski definition) is 3. The standard InChI is InChI=1S/C17H31NO2Si.ClH/c1-6-17(7-2,16-12-9-8-10-13-16)18-14-11-15-21(5,19-3)20-4;/h8-10,12-13,18H,6-7,11,14-15H2,1-5H3;1H. The zero-order chi connectivity index (χ0) is 15.8. The molecule has 0 aromatic heterocycles. The Kier molecular flexibility index (Phi) is 10.2. The van der Waals surface area contributed by atoms with Crippen molar-refractivity contribution in [1.29, 1.82) is 0 Å². The number of hydrogen-bond donors (Lipinski definition) is 1. The van der Waals surface area contributed by atoms with Gasteiger partial charge in [-0.15, -0.1) is 12.4 Å². The second kappa shape index (κ2) is 10.4. The minimum Gasteiger partial charge on any atom is -0.398 e. The lowest BCUT2D eigenvalue weighted by molar-refractivity contribution is 0.246. The van der Waals surface area contributed by atoms with Gasteiger partial charge in [-0.2, -0.15) is 0 Å². The molecule has 0 unspecified atom stereocenters. The van der Waals surface area contributed by atoms with Gasteiger partial charge in [-0.25, -0.2) is 0 Å². The normalized spacial score (nSPS) is 12.0. The van der Waals surface area contributed by atoms with Crippen molar-refractivity contribution in [3.8, 4) is 0 Å². The van der Waals surface area contributed by atoms with Crippen LogP contribution in [-0.2, 0) is 14.4 Å². The van der Waals surface area contributed by atoms with E-state index >= 15 is 0 Å². The Labute approximate surface area is 143 Å². The summed E-state index contributed by atoms with van der Waals surface area (Å²) in [6.07, 6.45) is 3.27. The minimum absolute atomic E-state index is 0. The van der Waals surface area contributed by atoms with E-state index in [2.05, 4.69) is 56.0 Å². The van der Waals surface area contributed by atoms with Crippen LogP contribution >= 0.6 is 12.4 Å². The van der Waals surface area contributed by atoms with Gasteiger partial charge in [0.05, 0.1) is 0 Å². The maximum atomic E-state index is 5.55. The number of rotatable bonds is 10. The zero-order valence-electron chi connectivity index (χ0n) is 14.6. The maximum absolute atomic E-state index is 5.55. The summed E-state index contributed by atoms with van der Waals surface area (Å²) in [5.74, 6) is 0. The van der Waals surface area contributed by atoms with Gasteiger partial charge in [0.25, 0.3) is 0 Å². The summed E-state index contributed by atoms with van der Waals surface area (Å²) in [5.41, 5.74) is 1.47. The highest BCUT2D eigenvalue weighted by molar-refractivity contribution is 6.65. The molecule has 1 aromatic rings. The molecule has 0 spiro atoms. The molecule has 0 atom stereocenters. The first-order valence-electron chi connectivity index (χ1n) is 7.96. The van der Waals surface area contributed by atoms with Crippen LogP contribution in [0.3, 0.4) is 0 Å². The van der Waals surface area contributed by atoms with E-state index in [-0.39, 0.29) is 17.9 Å². The molecule has 0 aliphatic rings. The fourth-order valence-corrected chi connectivity index (χ4v) is 4.19. The molecule has 0 fully saturated rings. The van der Waals surface area contributed by atoms with Crippen molar-refractivity contribution in [1.82, 2.24) is 5.32 Å². The molecule has 0 saturated heterocycles. The minimum atomic E-state index is -1.93. The van der Waals surface area contributed by atoms with Crippen LogP contribution in [0, 0.1) is 0 Å². The lowest BCUT2D eigenvalue weighted by Crippen LogP contribution is -2.43. The predicted molar refractivity (Wildman–Crippen MR) is 99.0 cm³/mol. The molecule has 1 rings (SSSR count). The third-order valence-electron chi connectivity index (χ3n) is 4.67. The quantitative estimate of drug-likeness (QED) is 0.501. The van der Waals surface area contributed by atoms with Crippen molar-refractivity contribution in [2.24, 2.45) is 0 Å². The molecule has 0 heterocycles. The molecule has 0 bridgehead atoms. The third kappa shape index (κ3) is 5.67. The monoisotopic (exact) mass is 345 g/mol. The summed E-state index contributed by atoms with van der Waals surface area (Å²) < 4.78 is 11.1. The van der Waals surface area contributed by atoms with Crippen molar-refractivity contribution in [3.63, 3.8) is 0 Å². The Morgan fingerprint density at radius 2 is 1.59 bits per heavy atom.